The number of rotatable bonds is 4. The smallest absolute Gasteiger partial charge is 0.354 e. The quantitative estimate of drug-likeness (QED) is 0.892. The third kappa shape index (κ3) is 2.74. The van der Waals surface area contributed by atoms with Crippen LogP contribution in [0.3, 0.4) is 0 Å². The summed E-state index contributed by atoms with van der Waals surface area (Å²) in [5.74, 6) is -0.999. The molecule has 0 aliphatic carbocycles. The molecule has 1 heterocycles. The second-order valence-corrected chi connectivity index (χ2v) is 4.19. The average Bonchev–Trinajstić information content (AvgIpc) is 2.39. The normalized spacial score (nSPS) is 10.3. The van der Waals surface area contributed by atoms with Crippen LogP contribution in [0.4, 0.5) is 0 Å². The number of hydrogen-bond acceptors (Lipinski definition) is 2. The molecule has 0 unspecified atom stereocenters. The van der Waals surface area contributed by atoms with Gasteiger partial charge in [0.1, 0.15) is 5.69 Å². The molecule has 2 rings (SSSR count). The summed E-state index contributed by atoms with van der Waals surface area (Å²) in [4.78, 5) is 14.7. The molecule has 0 aliphatic rings. The summed E-state index contributed by atoms with van der Waals surface area (Å²) in [5, 5.41) is 8.80. The van der Waals surface area contributed by atoms with Gasteiger partial charge in [0, 0.05) is 11.8 Å². The lowest BCUT2D eigenvalue weighted by Gasteiger charge is -2.04. The van der Waals surface area contributed by atoms with E-state index >= 15 is 0 Å². The number of pyridine rings is 1. The van der Waals surface area contributed by atoms with Crippen molar-refractivity contribution in [2.24, 2.45) is 0 Å². The van der Waals surface area contributed by atoms with Crippen molar-refractivity contribution >= 4 is 5.97 Å². The fraction of sp³-hybridized carbons (Fsp3) is 0.200. The van der Waals surface area contributed by atoms with Crippen molar-refractivity contribution in [3.05, 3.63) is 53.9 Å². The largest absolute Gasteiger partial charge is 0.477 e. The molecule has 0 saturated heterocycles. The van der Waals surface area contributed by atoms with Crippen LogP contribution in [-0.2, 0) is 6.42 Å². The van der Waals surface area contributed by atoms with E-state index in [2.05, 4.69) is 24.0 Å². The van der Waals surface area contributed by atoms with Gasteiger partial charge in [0.05, 0.1) is 0 Å². The maximum absolute atomic E-state index is 10.7. The highest BCUT2D eigenvalue weighted by molar-refractivity contribution is 5.85. The summed E-state index contributed by atoms with van der Waals surface area (Å²) >= 11 is 0. The van der Waals surface area contributed by atoms with Crippen LogP contribution < -0.4 is 0 Å². The average molecular weight is 241 g/mol. The Hall–Kier alpha value is -2.16. The molecule has 2 aromatic rings. The number of carboxylic acids is 1. The van der Waals surface area contributed by atoms with Gasteiger partial charge in [0.15, 0.2) is 0 Å². The molecule has 0 aliphatic heterocycles. The SMILES string of the molecule is CCCc1cccc(-c2ccc(C(=O)O)nc2)c1. The highest BCUT2D eigenvalue weighted by Gasteiger charge is 2.05. The molecule has 1 aromatic heterocycles. The molecule has 92 valence electrons. The van der Waals surface area contributed by atoms with Crippen molar-refractivity contribution in [2.45, 2.75) is 19.8 Å². The fourth-order valence-corrected chi connectivity index (χ4v) is 1.89. The molecule has 0 amide bonds. The molecule has 0 fully saturated rings. The van der Waals surface area contributed by atoms with E-state index in [0.717, 1.165) is 24.0 Å². The van der Waals surface area contributed by atoms with Crippen molar-refractivity contribution in [3.8, 4) is 11.1 Å². The Morgan fingerprint density at radius 1 is 1.22 bits per heavy atom. The minimum Gasteiger partial charge on any atom is -0.477 e. The molecule has 1 aromatic carbocycles. The van der Waals surface area contributed by atoms with Gasteiger partial charge in [0.25, 0.3) is 0 Å². The molecule has 0 radical (unpaired) electrons. The zero-order chi connectivity index (χ0) is 13.0. The molecular formula is C15H15NO2. The minimum atomic E-state index is -0.999. The van der Waals surface area contributed by atoms with Gasteiger partial charge in [-0.05, 0) is 23.6 Å². The van der Waals surface area contributed by atoms with Crippen LogP contribution in [0, 0.1) is 0 Å². The number of carboxylic acid groups (broad SMARTS) is 1. The molecular weight excluding hydrogens is 226 g/mol. The first kappa shape index (κ1) is 12.3. The Kier molecular flexibility index (Phi) is 3.72. The number of hydrogen-bond donors (Lipinski definition) is 1. The van der Waals surface area contributed by atoms with Crippen molar-refractivity contribution < 1.29 is 9.90 Å². The monoisotopic (exact) mass is 241 g/mol. The van der Waals surface area contributed by atoms with Gasteiger partial charge in [0.2, 0.25) is 0 Å². The lowest BCUT2D eigenvalue weighted by atomic mass is 10.0. The van der Waals surface area contributed by atoms with Crippen molar-refractivity contribution in [2.75, 3.05) is 0 Å². The lowest BCUT2D eigenvalue weighted by Crippen LogP contribution is -1.99. The Morgan fingerprint density at radius 2 is 2.06 bits per heavy atom. The Labute approximate surface area is 106 Å². The number of carbonyl (C=O) groups is 1. The fourth-order valence-electron chi connectivity index (χ4n) is 1.89. The van der Waals surface area contributed by atoms with E-state index in [1.165, 1.54) is 11.6 Å². The van der Waals surface area contributed by atoms with E-state index in [-0.39, 0.29) is 5.69 Å². The van der Waals surface area contributed by atoms with E-state index in [0.29, 0.717) is 0 Å². The predicted molar refractivity (Wildman–Crippen MR) is 70.6 cm³/mol. The number of benzene rings is 1. The Morgan fingerprint density at radius 3 is 2.67 bits per heavy atom. The molecule has 0 saturated carbocycles. The van der Waals surface area contributed by atoms with Crippen LogP contribution in [0.25, 0.3) is 11.1 Å². The molecule has 3 heteroatoms. The summed E-state index contributed by atoms with van der Waals surface area (Å²) < 4.78 is 0. The highest BCUT2D eigenvalue weighted by Crippen LogP contribution is 2.20. The second-order valence-electron chi connectivity index (χ2n) is 4.19. The van der Waals surface area contributed by atoms with Gasteiger partial charge in [-0.15, -0.1) is 0 Å². The third-order valence-corrected chi connectivity index (χ3v) is 2.78. The molecule has 0 spiro atoms. The summed E-state index contributed by atoms with van der Waals surface area (Å²) in [6.07, 6.45) is 3.77. The first-order valence-electron chi connectivity index (χ1n) is 5.99. The maximum Gasteiger partial charge on any atom is 0.354 e. The van der Waals surface area contributed by atoms with Gasteiger partial charge in [-0.3, -0.25) is 0 Å². The van der Waals surface area contributed by atoms with Crippen molar-refractivity contribution in [1.82, 2.24) is 4.98 Å². The minimum absolute atomic E-state index is 0.0727. The van der Waals surface area contributed by atoms with Crippen molar-refractivity contribution in [3.63, 3.8) is 0 Å². The first-order chi connectivity index (χ1) is 8.70. The van der Waals surface area contributed by atoms with Gasteiger partial charge in [-0.2, -0.15) is 0 Å². The Bertz CT molecular complexity index is 547. The van der Waals surface area contributed by atoms with E-state index in [1.807, 2.05) is 12.1 Å². The standard InChI is InChI=1S/C15H15NO2/c1-2-4-11-5-3-6-12(9-11)13-7-8-14(15(17)18)16-10-13/h3,5-10H,2,4H2,1H3,(H,17,18). The summed E-state index contributed by atoms with van der Waals surface area (Å²) in [7, 11) is 0. The molecule has 18 heavy (non-hydrogen) atoms. The van der Waals surface area contributed by atoms with Gasteiger partial charge in [-0.25, -0.2) is 9.78 Å². The molecule has 1 N–H and O–H groups in total. The van der Waals surface area contributed by atoms with E-state index in [1.54, 1.807) is 12.3 Å². The second kappa shape index (κ2) is 5.45. The number of aromatic carboxylic acids is 1. The van der Waals surface area contributed by atoms with Crippen LogP contribution in [0.15, 0.2) is 42.6 Å². The maximum atomic E-state index is 10.7. The van der Waals surface area contributed by atoms with Gasteiger partial charge >= 0.3 is 5.97 Å². The topological polar surface area (TPSA) is 50.2 Å². The zero-order valence-corrected chi connectivity index (χ0v) is 10.3. The first-order valence-corrected chi connectivity index (χ1v) is 5.99. The van der Waals surface area contributed by atoms with E-state index in [9.17, 15) is 4.79 Å². The van der Waals surface area contributed by atoms with Gasteiger partial charge in [-0.1, -0.05) is 43.7 Å². The van der Waals surface area contributed by atoms with E-state index < -0.39 is 5.97 Å². The zero-order valence-electron chi connectivity index (χ0n) is 10.3. The van der Waals surface area contributed by atoms with Crippen LogP contribution >= 0.6 is 0 Å². The number of aryl methyl sites for hydroxylation is 1. The Balaban J connectivity index is 2.30. The van der Waals surface area contributed by atoms with Crippen LogP contribution in [0.2, 0.25) is 0 Å². The van der Waals surface area contributed by atoms with E-state index in [4.69, 9.17) is 5.11 Å². The summed E-state index contributed by atoms with van der Waals surface area (Å²) in [6, 6.07) is 11.6. The molecule has 3 nitrogen and oxygen atoms in total. The van der Waals surface area contributed by atoms with Crippen LogP contribution in [0.5, 0.6) is 0 Å². The van der Waals surface area contributed by atoms with Crippen LogP contribution in [0.1, 0.15) is 29.4 Å². The van der Waals surface area contributed by atoms with Crippen molar-refractivity contribution in [1.29, 1.82) is 0 Å². The highest BCUT2D eigenvalue weighted by atomic mass is 16.4. The lowest BCUT2D eigenvalue weighted by molar-refractivity contribution is 0.0690. The third-order valence-electron chi connectivity index (χ3n) is 2.78. The summed E-state index contributed by atoms with van der Waals surface area (Å²) in [6.45, 7) is 2.15. The summed E-state index contributed by atoms with van der Waals surface area (Å²) in [5.41, 5.74) is 3.38. The molecule has 0 atom stereocenters. The number of nitrogens with zero attached hydrogens (tertiary/aromatic N) is 1. The predicted octanol–water partition coefficient (Wildman–Crippen LogP) is 3.40. The number of aromatic nitrogens is 1. The molecule has 0 bridgehead atoms. The van der Waals surface area contributed by atoms with Gasteiger partial charge < -0.3 is 5.11 Å². The van der Waals surface area contributed by atoms with Crippen LogP contribution in [-0.4, -0.2) is 16.1 Å².